The number of methoxy groups -OCH3 is 1. The molecule has 1 rings (SSSR count). The molecule has 0 spiro atoms. The number of anilines is 2. The monoisotopic (exact) mass is 279 g/mol. The normalized spacial score (nSPS) is 9.95. The highest BCUT2D eigenvalue weighted by atomic mass is 16.5. The molecule has 0 bridgehead atoms. The fourth-order valence-electron chi connectivity index (χ4n) is 1.82. The Morgan fingerprint density at radius 2 is 1.95 bits per heavy atom. The quantitative estimate of drug-likeness (QED) is 0.606. The molecule has 1 aromatic carbocycles. The summed E-state index contributed by atoms with van der Waals surface area (Å²) in [6, 6.07) is 4.91. The average Bonchev–Trinajstić information content (AvgIpc) is 2.46. The Kier molecular flexibility index (Phi) is 5.83. The Morgan fingerprint density at radius 1 is 1.30 bits per heavy atom. The van der Waals surface area contributed by atoms with Crippen molar-refractivity contribution >= 4 is 23.3 Å². The van der Waals surface area contributed by atoms with Crippen LogP contribution in [0.4, 0.5) is 11.4 Å². The number of esters is 1. The summed E-state index contributed by atoms with van der Waals surface area (Å²) in [6.45, 7) is 5.38. The number of benzene rings is 1. The molecule has 3 N–H and O–H groups in total. The van der Waals surface area contributed by atoms with Crippen molar-refractivity contribution in [2.24, 2.45) is 0 Å². The third kappa shape index (κ3) is 3.88. The first-order valence-corrected chi connectivity index (χ1v) is 6.52. The minimum Gasteiger partial charge on any atom is -0.465 e. The number of likely N-dealkylation sites (N-methyl/N-ethyl adjacent to an activating group) is 1. The lowest BCUT2D eigenvalue weighted by molar-refractivity contribution is -0.128. The lowest BCUT2D eigenvalue weighted by atomic mass is 10.1. The lowest BCUT2D eigenvalue weighted by Crippen LogP contribution is -2.35. The van der Waals surface area contributed by atoms with Crippen LogP contribution >= 0.6 is 0 Å². The average molecular weight is 279 g/mol. The van der Waals surface area contributed by atoms with Gasteiger partial charge in [-0.3, -0.25) is 4.79 Å². The smallest absolute Gasteiger partial charge is 0.340 e. The molecule has 0 radical (unpaired) electrons. The van der Waals surface area contributed by atoms with Crippen molar-refractivity contribution in [3.63, 3.8) is 0 Å². The van der Waals surface area contributed by atoms with E-state index in [-0.39, 0.29) is 18.0 Å². The molecule has 20 heavy (non-hydrogen) atoms. The lowest BCUT2D eigenvalue weighted by Gasteiger charge is -2.19. The summed E-state index contributed by atoms with van der Waals surface area (Å²) in [7, 11) is 1.30. The summed E-state index contributed by atoms with van der Waals surface area (Å²) in [6.07, 6.45) is 0. The number of amides is 1. The molecule has 0 unspecified atom stereocenters. The molecular weight excluding hydrogens is 258 g/mol. The van der Waals surface area contributed by atoms with E-state index >= 15 is 0 Å². The fourth-order valence-corrected chi connectivity index (χ4v) is 1.82. The van der Waals surface area contributed by atoms with Gasteiger partial charge in [-0.25, -0.2) is 4.79 Å². The summed E-state index contributed by atoms with van der Waals surface area (Å²) in [4.78, 5) is 25.1. The molecule has 0 fully saturated rings. The van der Waals surface area contributed by atoms with Crippen molar-refractivity contribution in [2.75, 3.05) is 37.8 Å². The van der Waals surface area contributed by atoms with Gasteiger partial charge in [0.15, 0.2) is 0 Å². The topological polar surface area (TPSA) is 84.7 Å². The van der Waals surface area contributed by atoms with Crippen molar-refractivity contribution in [1.29, 1.82) is 0 Å². The van der Waals surface area contributed by atoms with Crippen LogP contribution in [-0.2, 0) is 9.53 Å². The number of carbonyl (C=O) groups excluding carboxylic acids is 2. The van der Waals surface area contributed by atoms with Gasteiger partial charge >= 0.3 is 5.97 Å². The minimum absolute atomic E-state index is 0.00597. The van der Waals surface area contributed by atoms with E-state index in [1.54, 1.807) is 23.1 Å². The molecule has 0 heterocycles. The van der Waals surface area contributed by atoms with Crippen molar-refractivity contribution in [3.05, 3.63) is 23.8 Å². The van der Waals surface area contributed by atoms with Crippen molar-refractivity contribution in [3.8, 4) is 0 Å². The maximum atomic E-state index is 11.9. The fraction of sp³-hybridized carbons (Fsp3) is 0.429. The van der Waals surface area contributed by atoms with Crippen LogP contribution in [0.2, 0.25) is 0 Å². The van der Waals surface area contributed by atoms with E-state index in [0.717, 1.165) is 0 Å². The van der Waals surface area contributed by atoms with E-state index in [2.05, 4.69) is 10.1 Å². The minimum atomic E-state index is -0.499. The zero-order valence-electron chi connectivity index (χ0n) is 12.1. The van der Waals surface area contributed by atoms with Crippen molar-refractivity contribution in [1.82, 2.24) is 4.90 Å². The van der Waals surface area contributed by atoms with Crippen molar-refractivity contribution < 1.29 is 14.3 Å². The first-order chi connectivity index (χ1) is 9.53. The molecule has 0 aliphatic heterocycles. The number of carbonyl (C=O) groups is 2. The van der Waals surface area contributed by atoms with Gasteiger partial charge < -0.3 is 20.7 Å². The standard InChI is InChI=1S/C14H21N3O3/c1-4-17(5-2)13(18)9-16-10-6-7-12(15)11(8-10)14(19)20-3/h6-8,16H,4-5,9,15H2,1-3H3. The van der Waals surface area contributed by atoms with Gasteiger partial charge in [0.25, 0.3) is 0 Å². The van der Waals surface area contributed by atoms with E-state index in [0.29, 0.717) is 24.5 Å². The molecule has 1 aromatic rings. The maximum Gasteiger partial charge on any atom is 0.340 e. The number of nitrogens with one attached hydrogen (secondary N) is 1. The van der Waals surface area contributed by atoms with E-state index < -0.39 is 5.97 Å². The van der Waals surface area contributed by atoms with Crippen LogP contribution in [0, 0.1) is 0 Å². The van der Waals surface area contributed by atoms with Gasteiger partial charge in [-0.1, -0.05) is 0 Å². The number of nitrogen functional groups attached to an aromatic ring is 1. The molecule has 6 nitrogen and oxygen atoms in total. The third-order valence-corrected chi connectivity index (χ3v) is 3.02. The van der Waals surface area contributed by atoms with Gasteiger partial charge in [0.2, 0.25) is 5.91 Å². The first-order valence-electron chi connectivity index (χ1n) is 6.52. The summed E-state index contributed by atoms with van der Waals surface area (Å²) in [5, 5.41) is 2.99. The zero-order valence-corrected chi connectivity index (χ0v) is 12.1. The Morgan fingerprint density at radius 3 is 2.50 bits per heavy atom. The van der Waals surface area contributed by atoms with Crippen LogP contribution in [0.15, 0.2) is 18.2 Å². The summed E-state index contributed by atoms with van der Waals surface area (Å²) >= 11 is 0. The van der Waals surface area contributed by atoms with Gasteiger partial charge in [0.05, 0.1) is 19.2 Å². The second-order valence-electron chi connectivity index (χ2n) is 4.21. The Labute approximate surface area is 118 Å². The molecule has 6 heteroatoms. The summed E-state index contributed by atoms with van der Waals surface area (Å²) in [5.74, 6) is -0.493. The van der Waals surface area contributed by atoms with Gasteiger partial charge in [-0.05, 0) is 32.0 Å². The van der Waals surface area contributed by atoms with Gasteiger partial charge in [0, 0.05) is 24.5 Å². The first kappa shape index (κ1) is 15.8. The Balaban J connectivity index is 2.74. The molecule has 0 saturated heterocycles. The molecule has 0 aliphatic rings. The SMILES string of the molecule is CCN(CC)C(=O)CNc1ccc(N)c(C(=O)OC)c1. The number of ether oxygens (including phenoxy) is 1. The third-order valence-electron chi connectivity index (χ3n) is 3.02. The van der Waals surface area contributed by atoms with Crippen LogP contribution < -0.4 is 11.1 Å². The van der Waals surface area contributed by atoms with Crippen LogP contribution in [0.5, 0.6) is 0 Å². The summed E-state index contributed by atoms with van der Waals surface area (Å²) < 4.78 is 4.65. The maximum absolute atomic E-state index is 11.9. The van der Waals surface area contributed by atoms with Crippen LogP contribution in [0.25, 0.3) is 0 Å². The predicted molar refractivity (Wildman–Crippen MR) is 78.6 cm³/mol. The second-order valence-corrected chi connectivity index (χ2v) is 4.21. The molecule has 1 amide bonds. The molecule has 0 atom stereocenters. The van der Waals surface area contributed by atoms with E-state index in [4.69, 9.17) is 5.73 Å². The highest BCUT2D eigenvalue weighted by molar-refractivity contribution is 5.96. The summed E-state index contributed by atoms with van der Waals surface area (Å²) in [5.41, 5.74) is 6.99. The number of nitrogens with zero attached hydrogens (tertiary/aromatic N) is 1. The molecule has 0 saturated carbocycles. The molecular formula is C14H21N3O3. The van der Waals surface area contributed by atoms with E-state index in [1.165, 1.54) is 7.11 Å². The molecule has 0 aliphatic carbocycles. The van der Waals surface area contributed by atoms with Crippen LogP contribution in [0.1, 0.15) is 24.2 Å². The van der Waals surface area contributed by atoms with E-state index in [9.17, 15) is 9.59 Å². The van der Waals surface area contributed by atoms with Gasteiger partial charge in [-0.15, -0.1) is 0 Å². The van der Waals surface area contributed by atoms with E-state index in [1.807, 2.05) is 13.8 Å². The highest BCUT2D eigenvalue weighted by Crippen LogP contribution is 2.18. The molecule has 0 aromatic heterocycles. The predicted octanol–water partition coefficient (Wildman–Crippen LogP) is 1.34. The van der Waals surface area contributed by atoms with Gasteiger partial charge in [-0.2, -0.15) is 0 Å². The van der Waals surface area contributed by atoms with Gasteiger partial charge in [0.1, 0.15) is 0 Å². The number of nitrogens with two attached hydrogens (primary N) is 1. The highest BCUT2D eigenvalue weighted by Gasteiger charge is 2.12. The Bertz CT molecular complexity index is 485. The number of hydrogen-bond acceptors (Lipinski definition) is 5. The molecule has 110 valence electrons. The number of hydrogen-bond donors (Lipinski definition) is 2. The largest absolute Gasteiger partial charge is 0.465 e. The second kappa shape index (κ2) is 7.37. The van der Waals surface area contributed by atoms with Crippen LogP contribution in [0.3, 0.4) is 0 Å². The number of rotatable bonds is 6. The van der Waals surface area contributed by atoms with Crippen LogP contribution in [-0.4, -0.2) is 43.5 Å². The Hall–Kier alpha value is -2.24. The van der Waals surface area contributed by atoms with Crippen molar-refractivity contribution in [2.45, 2.75) is 13.8 Å². The zero-order chi connectivity index (χ0) is 15.1.